The molecule has 10 heavy (non-hydrogen) atoms. The van der Waals surface area contributed by atoms with Crippen LogP contribution in [0, 0.1) is 5.92 Å². The molecule has 1 aliphatic rings. The van der Waals surface area contributed by atoms with E-state index < -0.39 is 0 Å². The Morgan fingerprint density at radius 1 is 1.30 bits per heavy atom. The molecule has 1 rings (SSSR count). The maximum Gasteiger partial charge on any atom is 0.224 e. The van der Waals surface area contributed by atoms with E-state index in [0.717, 1.165) is 25.7 Å². The van der Waals surface area contributed by atoms with Crippen LogP contribution in [0.2, 0.25) is 0 Å². The predicted octanol–water partition coefficient (Wildman–Crippen LogP) is 1.27. The average molecular weight is 162 g/mol. The van der Waals surface area contributed by atoms with Crippen molar-refractivity contribution >= 4 is 16.8 Å². The van der Waals surface area contributed by atoms with Gasteiger partial charge in [-0.2, -0.15) is 0 Å². The van der Waals surface area contributed by atoms with E-state index in [2.05, 4.69) is 0 Å². The minimum atomic E-state index is -0.188. The average Bonchev–Trinajstić information content (AvgIpc) is 1.88. The first-order valence-electron chi connectivity index (χ1n) is 3.65. The van der Waals surface area contributed by atoms with Crippen molar-refractivity contribution in [2.45, 2.75) is 31.7 Å². The van der Waals surface area contributed by atoms with E-state index in [0.29, 0.717) is 6.04 Å². The zero-order valence-corrected chi connectivity index (χ0v) is 6.60. The molecule has 1 fully saturated rings. The van der Waals surface area contributed by atoms with Gasteiger partial charge in [0.2, 0.25) is 5.24 Å². The van der Waals surface area contributed by atoms with Crippen LogP contribution in [0.3, 0.4) is 0 Å². The van der Waals surface area contributed by atoms with Crippen LogP contribution in [0.1, 0.15) is 25.7 Å². The Kier molecular flexibility index (Phi) is 2.69. The molecule has 1 aliphatic carbocycles. The SMILES string of the molecule is NC1CCC(C(=O)Cl)CC1. The van der Waals surface area contributed by atoms with Crippen molar-refractivity contribution in [3.05, 3.63) is 0 Å². The Morgan fingerprint density at radius 3 is 2.20 bits per heavy atom. The molecule has 0 unspecified atom stereocenters. The van der Waals surface area contributed by atoms with Crippen molar-refractivity contribution in [3.63, 3.8) is 0 Å². The molecule has 0 aromatic heterocycles. The van der Waals surface area contributed by atoms with Gasteiger partial charge in [0.1, 0.15) is 0 Å². The molecule has 3 heteroatoms. The third kappa shape index (κ3) is 1.96. The fourth-order valence-corrected chi connectivity index (χ4v) is 1.56. The van der Waals surface area contributed by atoms with E-state index in [-0.39, 0.29) is 11.2 Å². The molecule has 0 aromatic carbocycles. The zero-order chi connectivity index (χ0) is 7.56. The molecule has 2 N–H and O–H groups in total. The number of halogens is 1. The van der Waals surface area contributed by atoms with Gasteiger partial charge in [0.05, 0.1) is 0 Å². The van der Waals surface area contributed by atoms with Gasteiger partial charge in [-0.3, -0.25) is 4.79 Å². The molecule has 0 saturated heterocycles. The molecular weight excluding hydrogens is 150 g/mol. The van der Waals surface area contributed by atoms with Crippen molar-refractivity contribution in [1.29, 1.82) is 0 Å². The van der Waals surface area contributed by atoms with Gasteiger partial charge in [0, 0.05) is 12.0 Å². The molecule has 58 valence electrons. The minimum Gasteiger partial charge on any atom is -0.328 e. The lowest BCUT2D eigenvalue weighted by atomic mass is 9.87. The molecule has 0 aliphatic heterocycles. The van der Waals surface area contributed by atoms with Crippen LogP contribution in [0.4, 0.5) is 0 Å². The van der Waals surface area contributed by atoms with Crippen LogP contribution in [0.5, 0.6) is 0 Å². The normalized spacial score (nSPS) is 33.8. The van der Waals surface area contributed by atoms with Crippen molar-refractivity contribution in [3.8, 4) is 0 Å². The van der Waals surface area contributed by atoms with Crippen LogP contribution in [-0.4, -0.2) is 11.3 Å². The zero-order valence-electron chi connectivity index (χ0n) is 5.85. The van der Waals surface area contributed by atoms with Crippen molar-refractivity contribution < 1.29 is 4.79 Å². The van der Waals surface area contributed by atoms with Gasteiger partial charge in [-0.1, -0.05) is 0 Å². The van der Waals surface area contributed by atoms with Crippen molar-refractivity contribution in [1.82, 2.24) is 0 Å². The Balaban J connectivity index is 2.33. The van der Waals surface area contributed by atoms with E-state index in [1.807, 2.05) is 0 Å². The summed E-state index contributed by atoms with van der Waals surface area (Å²) in [5.74, 6) is 0.0847. The van der Waals surface area contributed by atoms with E-state index in [9.17, 15) is 4.79 Å². The fraction of sp³-hybridized carbons (Fsp3) is 0.857. The number of carbonyl (C=O) groups excluding carboxylic acids is 1. The highest BCUT2D eigenvalue weighted by atomic mass is 35.5. The summed E-state index contributed by atoms with van der Waals surface area (Å²) in [6.45, 7) is 0. The third-order valence-corrected chi connectivity index (χ3v) is 2.40. The van der Waals surface area contributed by atoms with Gasteiger partial charge in [-0.05, 0) is 37.3 Å². The lowest BCUT2D eigenvalue weighted by molar-refractivity contribution is -0.116. The number of nitrogens with two attached hydrogens (primary N) is 1. The minimum absolute atomic E-state index is 0.0847. The highest BCUT2D eigenvalue weighted by Gasteiger charge is 2.22. The second kappa shape index (κ2) is 3.35. The highest BCUT2D eigenvalue weighted by Crippen LogP contribution is 2.24. The van der Waals surface area contributed by atoms with Crippen LogP contribution in [0.15, 0.2) is 0 Å². The summed E-state index contributed by atoms with van der Waals surface area (Å²) < 4.78 is 0. The Bertz CT molecular complexity index is 130. The smallest absolute Gasteiger partial charge is 0.224 e. The highest BCUT2D eigenvalue weighted by molar-refractivity contribution is 6.63. The predicted molar refractivity (Wildman–Crippen MR) is 40.8 cm³/mol. The standard InChI is InChI=1S/C7H12ClNO/c8-7(10)5-1-3-6(9)4-2-5/h5-6H,1-4,9H2. The topological polar surface area (TPSA) is 43.1 Å². The van der Waals surface area contributed by atoms with E-state index in [1.54, 1.807) is 0 Å². The number of hydrogen-bond donors (Lipinski definition) is 1. The molecule has 0 aromatic rings. The maximum absolute atomic E-state index is 10.6. The Morgan fingerprint density at radius 2 is 1.80 bits per heavy atom. The summed E-state index contributed by atoms with van der Waals surface area (Å²) in [6.07, 6.45) is 3.65. The van der Waals surface area contributed by atoms with Gasteiger partial charge in [0.25, 0.3) is 0 Å². The van der Waals surface area contributed by atoms with Gasteiger partial charge < -0.3 is 5.73 Å². The molecule has 0 heterocycles. The fourth-order valence-electron chi connectivity index (χ4n) is 1.35. The van der Waals surface area contributed by atoms with Crippen LogP contribution < -0.4 is 5.73 Å². The molecule has 0 radical (unpaired) electrons. The Hall–Kier alpha value is -0.0800. The van der Waals surface area contributed by atoms with Crippen molar-refractivity contribution in [2.24, 2.45) is 11.7 Å². The third-order valence-electron chi connectivity index (χ3n) is 2.09. The lowest BCUT2D eigenvalue weighted by Gasteiger charge is -2.22. The van der Waals surface area contributed by atoms with Crippen LogP contribution >= 0.6 is 11.6 Å². The molecule has 0 spiro atoms. The lowest BCUT2D eigenvalue weighted by Crippen LogP contribution is -2.28. The second-order valence-corrected chi connectivity index (χ2v) is 3.29. The number of hydrogen-bond acceptors (Lipinski definition) is 2. The maximum atomic E-state index is 10.6. The number of carbonyl (C=O) groups is 1. The van der Waals surface area contributed by atoms with E-state index in [4.69, 9.17) is 17.3 Å². The van der Waals surface area contributed by atoms with Gasteiger partial charge in [-0.15, -0.1) is 0 Å². The van der Waals surface area contributed by atoms with Gasteiger partial charge >= 0.3 is 0 Å². The Labute approximate surface area is 65.7 Å². The summed E-state index contributed by atoms with van der Waals surface area (Å²) >= 11 is 5.32. The molecule has 0 atom stereocenters. The van der Waals surface area contributed by atoms with Gasteiger partial charge in [0.15, 0.2) is 0 Å². The monoisotopic (exact) mass is 161 g/mol. The van der Waals surface area contributed by atoms with Crippen LogP contribution in [-0.2, 0) is 4.79 Å². The first-order chi connectivity index (χ1) is 4.70. The van der Waals surface area contributed by atoms with Gasteiger partial charge in [-0.25, -0.2) is 0 Å². The van der Waals surface area contributed by atoms with Crippen molar-refractivity contribution in [2.75, 3.05) is 0 Å². The van der Waals surface area contributed by atoms with E-state index >= 15 is 0 Å². The molecular formula is C7H12ClNO. The number of rotatable bonds is 1. The van der Waals surface area contributed by atoms with Crippen LogP contribution in [0.25, 0.3) is 0 Å². The summed E-state index contributed by atoms with van der Waals surface area (Å²) in [7, 11) is 0. The molecule has 0 amide bonds. The summed E-state index contributed by atoms with van der Waals surface area (Å²) in [4.78, 5) is 10.6. The summed E-state index contributed by atoms with van der Waals surface area (Å²) in [5.41, 5.74) is 5.64. The second-order valence-electron chi connectivity index (χ2n) is 2.92. The largest absolute Gasteiger partial charge is 0.328 e. The quantitative estimate of drug-likeness (QED) is 0.589. The summed E-state index contributed by atoms with van der Waals surface area (Å²) in [6, 6.07) is 0.298. The first kappa shape index (κ1) is 8.02. The molecule has 0 bridgehead atoms. The molecule has 2 nitrogen and oxygen atoms in total. The van der Waals surface area contributed by atoms with E-state index in [1.165, 1.54) is 0 Å². The molecule has 1 saturated carbocycles. The summed E-state index contributed by atoms with van der Waals surface area (Å²) in [5, 5.41) is -0.188. The first-order valence-corrected chi connectivity index (χ1v) is 4.03.